The number of fused-ring (bicyclic) bond motifs is 3. The Kier molecular flexibility index (Phi) is 6.08. The minimum absolute atomic E-state index is 0.100. The first-order valence-electron chi connectivity index (χ1n) is 10.6. The SMILES string of the molecule is COc1cccc(NC(=O)CSc2nc3c(sc4ccccc43)c(=O)n2-c2ccc(C)cc2)c1. The molecule has 0 spiro atoms. The number of methoxy groups -OCH3 is 1. The third-order valence-corrected chi connectivity index (χ3v) is 7.43. The molecule has 5 aromatic rings. The van der Waals surface area contributed by atoms with E-state index in [1.54, 1.807) is 23.8 Å². The number of benzene rings is 3. The fraction of sp³-hybridized carbons (Fsp3) is 0.115. The fourth-order valence-corrected chi connectivity index (χ4v) is 5.55. The number of nitrogens with zero attached hydrogens (tertiary/aromatic N) is 2. The minimum Gasteiger partial charge on any atom is -0.497 e. The number of anilines is 1. The van der Waals surface area contributed by atoms with E-state index >= 15 is 0 Å². The van der Waals surface area contributed by atoms with Crippen molar-refractivity contribution in [3.05, 3.63) is 88.7 Å². The number of thiophene rings is 1. The van der Waals surface area contributed by atoms with Crippen LogP contribution in [-0.4, -0.2) is 28.3 Å². The molecular formula is C26H21N3O3S2. The molecule has 0 aliphatic rings. The molecule has 34 heavy (non-hydrogen) atoms. The van der Waals surface area contributed by atoms with Crippen molar-refractivity contribution in [1.29, 1.82) is 0 Å². The lowest BCUT2D eigenvalue weighted by Gasteiger charge is -2.13. The number of ether oxygens (including phenoxy) is 1. The molecule has 0 saturated carbocycles. The Morgan fingerprint density at radius 3 is 2.68 bits per heavy atom. The average molecular weight is 488 g/mol. The highest BCUT2D eigenvalue weighted by molar-refractivity contribution is 7.99. The second kappa shape index (κ2) is 9.32. The van der Waals surface area contributed by atoms with E-state index in [0.29, 0.717) is 26.8 Å². The number of aromatic nitrogens is 2. The van der Waals surface area contributed by atoms with Crippen LogP contribution < -0.4 is 15.6 Å². The van der Waals surface area contributed by atoms with Gasteiger partial charge >= 0.3 is 0 Å². The van der Waals surface area contributed by atoms with Gasteiger partial charge < -0.3 is 10.1 Å². The number of carbonyl (C=O) groups is 1. The van der Waals surface area contributed by atoms with Crippen LogP contribution in [0.15, 0.2) is 82.7 Å². The van der Waals surface area contributed by atoms with Gasteiger partial charge in [-0.1, -0.05) is 53.7 Å². The molecule has 170 valence electrons. The zero-order valence-corrected chi connectivity index (χ0v) is 20.2. The fourth-order valence-electron chi connectivity index (χ4n) is 3.67. The Bertz CT molecular complexity index is 1570. The zero-order chi connectivity index (χ0) is 23.7. The highest BCUT2D eigenvalue weighted by Crippen LogP contribution is 2.32. The Labute approximate surface area is 204 Å². The van der Waals surface area contributed by atoms with Gasteiger partial charge in [-0.05, 0) is 37.3 Å². The molecule has 0 unspecified atom stereocenters. The number of thioether (sulfide) groups is 1. The number of nitrogens with one attached hydrogen (secondary N) is 1. The van der Waals surface area contributed by atoms with Crippen LogP contribution in [0, 0.1) is 6.92 Å². The van der Waals surface area contributed by atoms with Crippen LogP contribution in [0.5, 0.6) is 5.75 Å². The van der Waals surface area contributed by atoms with Gasteiger partial charge in [-0.2, -0.15) is 0 Å². The smallest absolute Gasteiger partial charge is 0.276 e. The van der Waals surface area contributed by atoms with E-state index in [4.69, 9.17) is 9.72 Å². The van der Waals surface area contributed by atoms with E-state index in [-0.39, 0.29) is 17.2 Å². The second-order valence-electron chi connectivity index (χ2n) is 7.72. The van der Waals surface area contributed by atoms with Crippen molar-refractivity contribution >= 4 is 55.0 Å². The molecule has 0 fully saturated rings. The summed E-state index contributed by atoms with van der Waals surface area (Å²) in [6.07, 6.45) is 0. The van der Waals surface area contributed by atoms with E-state index < -0.39 is 0 Å². The predicted octanol–water partition coefficient (Wildman–Crippen LogP) is 5.65. The lowest BCUT2D eigenvalue weighted by atomic mass is 10.2. The second-order valence-corrected chi connectivity index (χ2v) is 9.71. The summed E-state index contributed by atoms with van der Waals surface area (Å²) in [5.74, 6) is 0.566. The van der Waals surface area contributed by atoms with Crippen molar-refractivity contribution in [3.8, 4) is 11.4 Å². The van der Waals surface area contributed by atoms with Crippen LogP contribution in [0.4, 0.5) is 5.69 Å². The molecule has 0 radical (unpaired) electrons. The van der Waals surface area contributed by atoms with Gasteiger partial charge in [0.2, 0.25) is 5.91 Å². The van der Waals surface area contributed by atoms with Crippen LogP contribution in [-0.2, 0) is 4.79 Å². The van der Waals surface area contributed by atoms with E-state index in [9.17, 15) is 9.59 Å². The lowest BCUT2D eigenvalue weighted by Crippen LogP contribution is -2.22. The zero-order valence-electron chi connectivity index (χ0n) is 18.6. The molecule has 1 N–H and O–H groups in total. The average Bonchev–Trinajstić information content (AvgIpc) is 3.23. The summed E-state index contributed by atoms with van der Waals surface area (Å²) < 4.78 is 8.43. The molecule has 2 heterocycles. The van der Waals surface area contributed by atoms with Gasteiger partial charge in [0.25, 0.3) is 5.56 Å². The Hall–Kier alpha value is -3.62. The Morgan fingerprint density at radius 2 is 1.88 bits per heavy atom. The molecule has 0 aliphatic heterocycles. The maximum absolute atomic E-state index is 13.6. The third kappa shape index (κ3) is 4.30. The van der Waals surface area contributed by atoms with E-state index in [1.165, 1.54) is 23.1 Å². The van der Waals surface area contributed by atoms with Crippen molar-refractivity contribution in [2.24, 2.45) is 0 Å². The summed E-state index contributed by atoms with van der Waals surface area (Å²) in [4.78, 5) is 31.2. The molecule has 5 rings (SSSR count). The van der Waals surface area contributed by atoms with Crippen LogP contribution in [0.2, 0.25) is 0 Å². The molecule has 0 bridgehead atoms. The summed E-state index contributed by atoms with van der Waals surface area (Å²) in [7, 11) is 1.58. The van der Waals surface area contributed by atoms with E-state index in [1.807, 2.05) is 67.6 Å². The van der Waals surface area contributed by atoms with Gasteiger partial charge in [0.05, 0.1) is 24.1 Å². The first-order valence-corrected chi connectivity index (χ1v) is 12.4. The molecular weight excluding hydrogens is 466 g/mol. The summed E-state index contributed by atoms with van der Waals surface area (Å²) in [6.45, 7) is 2.00. The molecule has 0 saturated heterocycles. The number of carbonyl (C=O) groups excluding carboxylic acids is 1. The summed E-state index contributed by atoms with van der Waals surface area (Å²) in [5.41, 5.74) is 3.00. The van der Waals surface area contributed by atoms with Crippen molar-refractivity contribution in [2.75, 3.05) is 18.2 Å². The number of hydrogen-bond donors (Lipinski definition) is 1. The van der Waals surface area contributed by atoms with E-state index in [0.717, 1.165) is 21.3 Å². The van der Waals surface area contributed by atoms with Gasteiger partial charge in [-0.25, -0.2) is 4.98 Å². The number of aryl methyl sites for hydroxylation is 1. The largest absolute Gasteiger partial charge is 0.497 e. The van der Waals surface area contributed by atoms with Crippen molar-refractivity contribution in [1.82, 2.24) is 9.55 Å². The van der Waals surface area contributed by atoms with Crippen LogP contribution in [0.25, 0.3) is 26.0 Å². The van der Waals surface area contributed by atoms with Crippen molar-refractivity contribution in [3.63, 3.8) is 0 Å². The van der Waals surface area contributed by atoms with Crippen molar-refractivity contribution < 1.29 is 9.53 Å². The Morgan fingerprint density at radius 1 is 1.09 bits per heavy atom. The lowest BCUT2D eigenvalue weighted by molar-refractivity contribution is -0.113. The minimum atomic E-state index is -0.196. The molecule has 6 nitrogen and oxygen atoms in total. The quantitative estimate of drug-likeness (QED) is 0.248. The van der Waals surface area contributed by atoms with E-state index in [2.05, 4.69) is 5.32 Å². The van der Waals surface area contributed by atoms with Crippen LogP contribution in [0.1, 0.15) is 5.56 Å². The Balaban J connectivity index is 1.53. The number of hydrogen-bond acceptors (Lipinski definition) is 6. The predicted molar refractivity (Wildman–Crippen MR) is 140 cm³/mol. The van der Waals surface area contributed by atoms with Crippen LogP contribution in [0.3, 0.4) is 0 Å². The van der Waals surface area contributed by atoms with Gasteiger partial charge in [0.1, 0.15) is 10.4 Å². The van der Waals surface area contributed by atoms with Gasteiger partial charge in [-0.15, -0.1) is 11.3 Å². The first kappa shape index (κ1) is 22.2. The molecule has 0 atom stereocenters. The molecule has 0 aliphatic carbocycles. The van der Waals surface area contributed by atoms with Gasteiger partial charge in [-0.3, -0.25) is 14.2 Å². The molecule has 8 heteroatoms. The highest BCUT2D eigenvalue weighted by atomic mass is 32.2. The monoisotopic (exact) mass is 487 g/mol. The molecule has 2 aromatic heterocycles. The van der Waals surface area contributed by atoms with Gasteiger partial charge in [0, 0.05) is 21.8 Å². The number of amides is 1. The van der Waals surface area contributed by atoms with Crippen molar-refractivity contribution in [2.45, 2.75) is 12.1 Å². The maximum atomic E-state index is 13.6. The molecule has 1 amide bonds. The highest BCUT2D eigenvalue weighted by Gasteiger charge is 2.18. The maximum Gasteiger partial charge on any atom is 0.276 e. The topological polar surface area (TPSA) is 73.2 Å². The third-order valence-electron chi connectivity index (χ3n) is 5.34. The summed E-state index contributed by atoms with van der Waals surface area (Å²) >= 11 is 2.68. The number of rotatable bonds is 6. The first-order chi connectivity index (χ1) is 16.5. The standard InChI is InChI=1S/C26H21N3O3S2/c1-16-10-12-18(13-11-16)29-25(31)24-23(20-8-3-4-9-21(20)34-24)28-26(29)33-15-22(30)27-17-6-5-7-19(14-17)32-2/h3-14H,15H2,1-2H3,(H,27,30). The van der Waals surface area contributed by atoms with Gasteiger partial charge in [0.15, 0.2) is 5.16 Å². The summed E-state index contributed by atoms with van der Waals surface area (Å²) in [6, 6.07) is 22.8. The normalized spacial score (nSPS) is 11.1. The van der Waals surface area contributed by atoms with Crippen LogP contribution >= 0.6 is 23.1 Å². The summed E-state index contributed by atoms with van der Waals surface area (Å²) in [5, 5.41) is 4.30. The molecule has 3 aromatic carbocycles.